The van der Waals surface area contributed by atoms with Gasteiger partial charge in [-0.2, -0.15) is 0 Å². The zero-order valence-corrected chi connectivity index (χ0v) is 4.72. The maximum Gasteiger partial charge on any atom is 0.109 e. The van der Waals surface area contributed by atoms with Crippen LogP contribution >= 0.6 is 0 Å². The highest BCUT2D eigenvalue weighted by atomic mass is 16.6. The molecule has 41 valence electrons. The third kappa shape index (κ3) is 5.50. The summed E-state index contributed by atoms with van der Waals surface area (Å²) in [7, 11) is 1.60. The van der Waals surface area contributed by atoms with E-state index < -0.39 is 0 Å². The van der Waals surface area contributed by atoms with Gasteiger partial charge in [-0.05, 0) is 18.0 Å². The van der Waals surface area contributed by atoms with Gasteiger partial charge < -0.3 is 4.84 Å². The summed E-state index contributed by atoms with van der Waals surface area (Å²) in [6.07, 6.45) is 4.46. The highest BCUT2D eigenvalue weighted by molar-refractivity contribution is 4.69. The van der Waals surface area contributed by atoms with Gasteiger partial charge in [-0.15, -0.1) is 0 Å². The Labute approximate surface area is 44.1 Å². The first-order chi connectivity index (χ1) is 3.41. The molecular formula is C5H10NO. The van der Waals surface area contributed by atoms with E-state index in [9.17, 15) is 0 Å². The molecule has 0 aromatic heterocycles. The molecule has 7 heavy (non-hydrogen) atoms. The molecule has 1 radical (unpaired) electrons. The van der Waals surface area contributed by atoms with Gasteiger partial charge in [0.2, 0.25) is 0 Å². The zero-order chi connectivity index (χ0) is 5.54. The molecule has 0 N–H and O–H groups in total. The monoisotopic (exact) mass is 100 g/mol. The summed E-state index contributed by atoms with van der Waals surface area (Å²) in [6.45, 7) is 2.04. The second-order valence-corrected chi connectivity index (χ2v) is 1.07. The molecular weight excluding hydrogens is 90.1 g/mol. The van der Waals surface area contributed by atoms with Crippen molar-refractivity contribution in [1.29, 1.82) is 0 Å². The summed E-state index contributed by atoms with van der Waals surface area (Å²) in [5.74, 6) is 0. The van der Waals surface area contributed by atoms with Crippen molar-refractivity contribution in [3.05, 3.63) is 12.3 Å². The lowest BCUT2D eigenvalue weighted by molar-refractivity contribution is 0.148. The molecule has 0 aliphatic carbocycles. The summed E-state index contributed by atoms with van der Waals surface area (Å²) < 4.78 is 0. The molecule has 0 spiro atoms. The van der Waals surface area contributed by atoms with Crippen LogP contribution in [0.25, 0.3) is 0 Å². The third-order valence-corrected chi connectivity index (χ3v) is 0.498. The summed E-state index contributed by atoms with van der Waals surface area (Å²) in [5.41, 5.74) is 3.39. The molecule has 0 atom stereocenters. The van der Waals surface area contributed by atoms with E-state index in [1.54, 1.807) is 13.3 Å². The molecule has 0 unspecified atom stereocenters. The number of nitrogens with zero attached hydrogens (tertiary/aromatic N) is 1. The average molecular weight is 100 g/mol. The second-order valence-electron chi connectivity index (χ2n) is 1.07. The smallest absolute Gasteiger partial charge is 0.109 e. The molecule has 0 aromatic carbocycles. The standard InChI is InChI=1S/C5H10NO/c1-3-4-5-7-6-2/h4-5H,3H2,1-2H3. The lowest BCUT2D eigenvalue weighted by Crippen LogP contribution is -1.89. The summed E-state index contributed by atoms with van der Waals surface area (Å²) in [6, 6.07) is 0. The van der Waals surface area contributed by atoms with Crippen molar-refractivity contribution in [1.82, 2.24) is 5.48 Å². The normalized spacial score (nSPS) is 10.0. The number of hydroxylamine groups is 1. The van der Waals surface area contributed by atoms with E-state index in [4.69, 9.17) is 0 Å². The molecule has 0 amide bonds. The van der Waals surface area contributed by atoms with E-state index in [1.807, 2.05) is 13.0 Å². The molecule has 0 aliphatic rings. The number of allylic oxidation sites excluding steroid dienone is 1. The predicted molar refractivity (Wildman–Crippen MR) is 28.6 cm³/mol. The van der Waals surface area contributed by atoms with Crippen molar-refractivity contribution in [2.45, 2.75) is 13.3 Å². The van der Waals surface area contributed by atoms with Crippen LogP contribution in [0.1, 0.15) is 13.3 Å². The van der Waals surface area contributed by atoms with Crippen molar-refractivity contribution >= 4 is 0 Å². The molecule has 0 aliphatic heterocycles. The minimum Gasteiger partial charge on any atom is -0.397 e. The molecule has 0 aromatic rings. The van der Waals surface area contributed by atoms with Gasteiger partial charge in [0.25, 0.3) is 0 Å². The summed E-state index contributed by atoms with van der Waals surface area (Å²) in [4.78, 5) is 4.52. The Hall–Kier alpha value is -0.500. The molecule has 0 heterocycles. The van der Waals surface area contributed by atoms with Crippen LogP contribution in [0.4, 0.5) is 0 Å². The first kappa shape index (κ1) is 6.50. The molecule has 2 nitrogen and oxygen atoms in total. The third-order valence-electron chi connectivity index (χ3n) is 0.498. The first-order valence-electron chi connectivity index (χ1n) is 2.31. The number of hydrogen-bond donors (Lipinski definition) is 0. The zero-order valence-electron chi connectivity index (χ0n) is 4.72. The van der Waals surface area contributed by atoms with Crippen LogP contribution in [0.2, 0.25) is 0 Å². The van der Waals surface area contributed by atoms with Crippen molar-refractivity contribution < 1.29 is 4.84 Å². The van der Waals surface area contributed by atoms with Gasteiger partial charge in [-0.1, -0.05) is 6.92 Å². The second kappa shape index (κ2) is 5.50. The highest BCUT2D eigenvalue weighted by Gasteiger charge is 1.65. The van der Waals surface area contributed by atoms with Crippen molar-refractivity contribution in [3.63, 3.8) is 0 Å². The van der Waals surface area contributed by atoms with E-state index in [0.29, 0.717) is 0 Å². The lowest BCUT2D eigenvalue weighted by Gasteiger charge is -1.85. The number of hydrogen-bond acceptors (Lipinski definition) is 1. The van der Waals surface area contributed by atoms with Crippen LogP contribution in [0, 0.1) is 0 Å². The molecule has 0 fully saturated rings. The largest absolute Gasteiger partial charge is 0.397 e. The Bertz CT molecular complexity index is 52.0. The highest BCUT2D eigenvalue weighted by Crippen LogP contribution is 1.77. The number of rotatable bonds is 3. The quantitative estimate of drug-likeness (QED) is 0.384. The molecule has 0 saturated carbocycles. The fourth-order valence-electron chi connectivity index (χ4n) is 0.200. The average Bonchev–Trinajstić information content (AvgIpc) is 1.69. The molecule has 2 heteroatoms. The van der Waals surface area contributed by atoms with Crippen LogP contribution < -0.4 is 5.48 Å². The van der Waals surface area contributed by atoms with Crippen LogP contribution in [-0.4, -0.2) is 7.05 Å². The van der Waals surface area contributed by atoms with Gasteiger partial charge in [0.15, 0.2) is 0 Å². The van der Waals surface area contributed by atoms with E-state index in [2.05, 4.69) is 10.3 Å². The Morgan fingerprint density at radius 1 is 1.71 bits per heavy atom. The van der Waals surface area contributed by atoms with Crippen LogP contribution in [-0.2, 0) is 4.84 Å². The molecule has 0 bridgehead atoms. The Kier molecular flexibility index (Phi) is 5.11. The van der Waals surface area contributed by atoms with Gasteiger partial charge in [-0.3, -0.25) is 0 Å². The summed E-state index contributed by atoms with van der Waals surface area (Å²) in [5, 5.41) is 0. The Morgan fingerprint density at radius 3 is 2.86 bits per heavy atom. The van der Waals surface area contributed by atoms with E-state index in [-0.39, 0.29) is 0 Å². The van der Waals surface area contributed by atoms with Gasteiger partial charge in [0, 0.05) is 7.05 Å². The maximum atomic E-state index is 4.52. The Balaban J connectivity index is 2.78. The minimum atomic E-state index is 0.996. The van der Waals surface area contributed by atoms with E-state index in [0.717, 1.165) is 6.42 Å². The van der Waals surface area contributed by atoms with Gasteiger partial charge in [0.05, 0.1) is 0 Å². The van der Waals surface area contributed by atoms with E-state index >= 15 is 0 Å². The molecule has 0 saturated heterocycles. The van der Waals surface area contributed by atoms with Crippen LogP contribution in [0.3, 0.4) is 0 Å². The lowest BCUT2D eigenvalue weighted by atomic mass is 10.5. The topological polar surface area (TPSA) is 23.3 Å². The van der Waals surface area contributed by atoms with Crippen molar-refractivity contribution in [3.8, 4) is 0 Å². The van der Waals surface area contributed by atoms with Gasteiger partial charge in [0.1, 0.15) is 6.26 Å². The fraction of sp³-hybridized carbons (Fsp3) is 0.600. The van der Waals surface area contributed by atoms with Crippen molar-refractivity contribution in [2.75, 3.05) is 7.05 Å². The van der Waals surface area contributed by atoms with Crippen LogP contribution in [0.15, 0.2) is 12.3 Å². The first-order valence-corrected chi connectivity index (χ1v) is 2.31. The van der Waals surface area contributed by atoms with E-state index in [1.165, 1.54) is 0 Å². The summed E-state index contributed by atoms with van der Waals surface area (Å²) >= 11 is 0. The SMILES string of the molecule is CCC=CO[N]C. The Morgan fingerprint density at radius 2 is 2.43 bits per heavy atom. The van der Waals surface area contributed by atoms with Gasteiger partial charge >= 0.3 is 0 Å². The minimum absolute atomic E-state index is 0.996. The maximum absolute atomic E-state index is 4.52. The van der Waals surface area contributed by atoms with Gasteiger partial charge in [-0.25, -0.2) is 0 Å². The van der Waals surface area contributed by atoms with Crippen LogP contribution in [0.5, 0.6) is 0 Å². The fourth-order valence-corrected chi connectivity index (χ4v) is 0.200. The molecule has 0 rings (SSSR count). The van der Waals surface area contributed by atoms with Crippen molar-refractivity contribution in [2.24, 2.45) is 0 Å². The predicted octanol–water partition coefficient (Wildman–Crippen LogP) is 1.08.